The standard InChI is InChI=1S/C11H21N3O/c1-13-6-4-9(8-13)11(15)14-5-2-3-10(14)7-12/h9-10H,2-8,12H2,1H3. The highest BCUT2D eigenvalue weighted by Gasteiger charge is 2.34. The van der Waals surface area contributed by atoms with Crippen LogP contribution in [0.1, 0.15) is 19.3 Å². The van der Waals surface area contributed by atoms with Gasteiger partial charge in [-0.3, -0.25) is 4.79 Å². The number of carbonyl (C=O) groups excluding carboxylic acids is 1. The number of rotatable bonds is 2. The summed E-state index contributed by atoms with van der Waals surface area (Å²) in [6.07, 6.45) is 3.23. The van der Waals surface area contributed by atoms with Crippen molar-refractivity contribution in [2.24, 2.45) is 11.7 Å². The summed E-state index contributed by atoms with van der Waals surface area (Å²) in [6, 6.07) is 0.309. The molecule has 2 heterocycles. The van der Waals surface area contributed by atoms with Crippen molar-refractivity contribution in [3.05, 3.63) is 0 Å². The fourth-order valence-corrected chi connectivity index (χ4v) is 2.74. The molecule has 0 aliphatic carbocycles. The van der Waals surface area contributed by atoms with Crippen LogP contribution >= 0.6 is 0 Å². The maximum Gasteiger partial charge on any atom is 0.227 e. The van der Waals surface area contributed by atoms with Gasteiger partial charge in [0.25, 0.3) is 0 Å². The predicted molar refractivity (Wildman–Crippen MR) is 59.4 cm³/mol. The molecule has 2 aliphatic heterocycles. The molecule has 1 amide bonds. The normalized spacial score (nSPS) is 32.5. The van der Waals surface area contributed by atoms with Gasteiger partial charge < -0.3 is 15.5 Å². The van der Waals surface area contributed by atoms with Crippen molar-refractivity contribution in [2.45, 2.75) is 25.3 Å². The minimum atomic E-state index is 0.224. The minimum absolute atomic E-state index is 0.224. The zero-order valence-corrected chi connectivity index (χ0v) is 9.48. The molecule has 0 aromatic carbocycles. The zero-order chi connectivity index (χ0) is 10.8. The van der Waals surface area contributed by atoms with Gasteiger partial charge in [0, 0.05) is 25.7 Å². The number of likely N-dealkylation sites (tertiary alicyclic amines) is 2. The molecule has 0 bridgehead atoms. The van der Waals surface area contributed by atoms with Crippen LogP contribution in [0.4, 0.5) is 0 Å². The third-order valence-electron chi connectivity index (χ3n) is 3.67. The van der Waals surface area contributed by atoms with E-state index >= 15 is 0 Å². The molecule has 2 N–H and O–H groups in total. The summed E-state index contributed by atoms with van der Waals surface area (Å²) in [5.41, 5.74) is 5.68. The van der Waals surface area contributed by atoms with Crippen LogP contribution in [-0.4, -0.2) is 55.0 Å². The summed E-state index contributed by atoms with van der Waals surface area (Å²) in [5, 5.41) is 0. The van der Waals surface area contributed by atoms with Crippen molar-refractivity contribution < 1.29 is 4.79 Å². The highest BCUT2D eigenvalue weighted by Crippen LogP contribution is 2.23. The van der Waals surface area contributed by atoms with Crippen molar-refractivity contribution >= 4 is 5.91 Å². The molecule has 86 valence electrons. The van der Waals surface area contributed by atoms with Gasteiger partial charge in [-0.1, -0.05) is 0 Å². The molecule has 2 unspecified atom stereocenters. The van der Waals surface area contributed by atoms with Crippen LogP contribution in [0.3, 0.4) is 0 Å². The number of nitrogens with zero attached hydrogens (tertiary/aromatic N) is 2. The second-order valence-corrected chi connectivity index (χ2v) is 4.81. The first kappa shape index (κ1) is 10.9. The van der Waals surface area contributed by atoms with Gasteiger partial charge in [0.05, 0.1) is 5.92 Å². The fraction of sp³-hybridized carbons (Fsp3) is 0.909. The molecule has 0 radical (unpaired) electrons. The zero-order valence-electron chi connectivity index (χ0n) is 9.48. The largest absolute Gasteiger partial charge is 0.338 e. The average molecular weight is 211 g/mol. The Morgan fingerprint density at radius 3 is 2.80 bits per heavy atom. The van der Waals surface area contributed by atoms with E-state index in [4.69, 9.17) is 5.73 Å². The van der Waals surface area contributed by atoms with E-state index in [9.17, 15) is 4.79 Å². The maximum absolute atomic E-state index is 12.2. The Hall–Kier alpha value is -0.610. The van der Waals surface area contributed by atoms with Crippen molar-refractivity contribution in [1.82, 2.24) is 9.80 Å². The lowest BCUT2D eigenvalue weighted by molar-refractivity contribution is -0.135. The second kappa shape index (κ2) is 4.49. The van der Waals surface area contributed by atoms with E-state index in [-0.39, 0.29) is 5.92 Å². The maximum atomic E-state index is 12.2. The van der Waals surface area contributed by atoms with Gasteiger partial charge in [0.1, 0.15) is 0 Å². The van der Waals surface area contributed by atoms with E-state index in [0.717, 1.165) is 38.9 Å². The highest BCUT2D eigenvalue weighted by atomic mass is 16.2. The van der Waals surface area contributed by atoms with Crippen LogP contribution in [0, 0.1) is 5.92 Å². The third-order valence-corrected chi connectivity index (χ3v) is 3.67. The number of hydrogen-bond acceptors (Lipinski definition) is 3. The molecule has 4 nitrogen and oxygen atoms in total. The molecular weight excluding hydrogens is 190 g/mol. The van der Waals surface area contributed by atoms with Crippen LogP contribution in [0.5, 0.6) is 0 Å². The van der Waals surface area contributed by atoms with Crippen molar-refractivity contribution in [3.8, 4) is 0 Å². The molecule has 2 saturated heterocycles. The Bertz CT molecular complexity index is 244. The van der Waals surface area contributed by atoms with Gasteiger partial charge >= 0.3 is 0 Å². The van der Waals surface area contributed by atoms with Crippen LogP contribution in [-0.2, 0) is 4.79 Å². The van der Waals surface area contributed by atoms with E-state index in [1.807, 2.05) is 4.90 Å². The van der Waals surface area contributed by atoms with Gasteiger partial charge in [-0.05, 0) is 32.9 Å². The van der Waals surface area contributed by atoms with Crippen molar-refractivity contribution in [3.63, 3.8) is 0 Å². The quantitative estimate of drug-likeness (QED) is 0.693. The third kappa shape index (κ3) is 2.16. The first-order valence-electron chi connectivity index (χ1n) is 5.91. The summed E-state index contributed by atoms with van der Waals surface area (Å²) in [7, 11) is 2.08. The molecule has 2 rings (SSSR count). The lowest BCUT2D eigenvalue weighted by Crippen LogP contribution is -2.43. The molecule has 0 spiro atoms. The Morgan fingerprint density at radius 1 is 1.40 bits per heavy atom. The Labute approximate surface area is 91.4 Å². The summed E-state index contributed by atoms with van der Waals surface area (Å²) in [6.45, 7) is 3.51. The first-order chi connectivity index (χ1) is 7.22. The van der Waals surface area contributed by atoms with Gasteiger partial charge in [0.2, 0.25) is 5.91 Å². The average Bonchev–Trinajstić information content (AvgIpc) is 2.84. The Balaban J connectivity index is 1.95. The van der Waals surface area contributed by atoms with Gasteiger partial charge in [0.15, 0.2) is 0 Å². The van der Waals surface area contributed by atoms with Gasteiger partial charge in [-0.15, -0.1) is 0 Å². The van der Waals surface area contributed by atoms with E-state index in [0.29, 0.717) is 18.5 Å². The molecule has 15 heavy (non-hydrogen) atoms. The summed E-state index contributed by atoms with van der Waals surface area (Å²) in [5.74, 6) is 0.564. The monoisotopic (exact) mass is 211 g/mol. The number of hydrogen-bond donors (Lipinski definition) is 1. The smallest absolute Gasteiger partial charge is 0.227 e. The van der Waals surface area contributed by atoms with Crippen LogP contribution < -0.4 is 5.73 Å². The summed E-state index contributed by atoms with van der Waals surface area (Å²) < 4.78 is 0. The minimum Gasteiger partial charge on any atom is -0.338 e. The highest BCUT2D eigenvalue weighted by molar-refractivity contribution is 5.80. The first-order valence-corrected chi connectivity index (χ1v) is 5.91. The number of carbonyl (C=O) groups is 1. The van der Waals surface area contributed by atoms with E-state index in [1.165, 1.54) is 0 Å². The molecule has 2 aliphatic rings. The van der Waals surface area contributed by atoms with Crippen molar-refractivity contribution in [1.29, 1.82) is 0 Å². The van der Waals surface area contributed by atoms with E-state index < -0.39 is 0 Å². The van der Waals surface area contributed by atoms with Crippen LogP contribution in [0.15, 0.2) is 0 Å². The van der Waals surface area contributed by atoms with Crippen LogP contribution in [0.2, 0.25) is 0 Å². The molecule has 4 heteroatoms. The molecule has 0 aromatic rings. The topological polar surface area (TPSA) is 49.6 Å². The Kier molecular flexibility index (Phi) is 3.26. The SMILES string of the molecule is CN1CCC(C(=O)N2CCCC2CN)C1. The number of amides is 1. The Morgan fingerprint density at radius 2 is 2.20 bits per heavy atom. The second-order valence-electron chi connectivity index (χ2n) is 4.81. The molecule has 0 aromatic heterocycles. The summed E-state index contributed by atoms with van der Waals surface area (Å²) >= 11 is 0. The molecule has 0 saturated carbocycles. The van der Waals surface area contributed by atoms with E-state index in [2.05, 4.69) is 11.9 Å². The molecular formula is C11H21N3O. The lowest BCUT2D eigenvalue weighted by Gasteiger charge is -2.26. The molecule has 2 atom stereocenters. The van der Waals surface area contributed by atoms with Gasteiger partial charge in [-0.25, -0.2) is 0 Å². The predicted octanol–water partition coefficient (Wildman–Crippen LogP) is -0.112. The number of nitrogens with two attached hydrogens (primary N) is 1. The van der Waals surface area contributed by atoms with Crippen molar-refractivity contribution in [2.75, 3.05) is 33.2 Å². The van der Waals surface area contributed by atoms with Gasteiger partial charge in [-0.2, -0.15) is 0 Å². The lowest BCUT2D eigenvalue weighted by atomic mass is 10.1. The summed E-state index contributed by atoms with van der Waals surface area (Å²) in [4.78, 5) is 16.5. The molecule has 2 fully saturated rings. The fourth-order valence-electron chi connectivity index (χ4n) is 2.74. The van der Waals surface area contributed by atoms with Crippen LogP contribution in [0.25, 0.3) is 0 Å². The van der Waals surface area contributed by atoms with E-state index in [1.54, 1.807) is 0 Å².